The van der Waals surface area contributed by atoms with Crippen LogP contribution in [0.25, 0.3) is 0 Å². The zero-order valence-electron chi connectivity index (χ0n) is 34.7. The summed E-state index contributed by atoms with van der Waals surface area (Å²) in [5.74, 6) is -0.187. The van der Waals surface area contributed by atoms with Gasteiger partial charge in [0.1, 0.15) is 0 Å². The first-order chi connectivity index (χ1) is 25.3. The third kappa shape index (κ3) is 40.7. The van der Waals surface area contributed by atoms with Crippen molar-refractivity contribution in [2.24, 2.45) is 0 Å². The highest BCUT2D eigenvalue weighted by Crippen LogP contribution is 2.36. The predicted molar refractivity (Wildman–Crippen MR) is 223 cm³/mol. The van der Waals surface area contributed by atoms with E-state index in [1.165, 1.54) is 193 Å². The molecule has 8 heteroatoms. The molecule has 7 nitrogen and oxygen atoms in total. The number of aliphatic hydroxyl groups excluding tert-OH is 1. The highest BCUT2D eigenvalue weighted by atomic mass is 31.2. The minimum atomic E-state index is -4.69. The Morgan fingerprint density at radius 3 is 1.04 bits per heavy atom. The summed E-state index contributed by atoms with van der Waals surface area (Å²) in [6.45, 7) is 4.16. The molecule has 2 atom stereocenters. The lowest BCUT2D eigenvalue weighted by atomic mass is 10.0. The minimum Gasteiger partial charge on any atom is -0.391 e. The second kappa shape index (κ2) is 40.2. The van der Waals surface area contributed by atoms with Gasteiger partial charge >= 0.3 is 7.82 Å². The average Bonchev–Trinajstić information content (AvgIpc) is 3.11. The van der Waals surface area contributed by atoms with Crippen molar-refractivity contribution in [2.45, 2.75) is 270 Å². The fourth-order valence-electron chi connectivity index (χ4n) is 7.35. The van der Waals surface area contributed by atoms with Crippen LogP contribution < -0.4 is 5.32 Å². The van der Waals surface area contributed by atoms with E-state index < -0.39 is 26.6 Å². The van der Waals surface area contributed by atoms with Crippen LogP contribution >= 0.6 is 7.82 Å². The summed E-state index contributed by atoms with van der Waals surface area (Å²) in [4.78, 5) is 31.0. The number of carbonyl (C=O) groups excluding carboxylic acids is 1. The van der Waals surface area contributed by atoms with Crippen molar-refractivity contribution < 1.29 is 28.8 Å². The van der Waals surface area contributed by atoms with Crippen LogP contribution in [0.15, 0.2) is 0 Å². The SMILES string of the molecule is CCCCCCCCCCCCCCCCCCCCCC(=O)N[C@@H](COP(=O)(O)O)[C@H](O)CCCCCCCCCCCCCCCCCCC. The molecule has 0 saturated heterocycles. The first-order valence-electron chi connectivity index (χ1n) is 23.0. The van der Waals surface area contributed by atoms with Crippen molar-refractivity contribution in [3.8, 4) is 0 Å². The molecule has 0 aromatic carbocycles. The Morgan fingerprint density at radius 2 is 0.750 bits per heavy atom. The van der Waals surface area contributed by atoms with Crippen LogP contribution in [0.3, 0.4) is 0 Å². The molecule has 312 valence electrons. The van der Waals surface area contributed by atoms with Gasteiger partial charge in [-0.15, -0.1) is 0 Å². The monoisotopic (exact) mass is 760 g/mol. The predicted octanol–water partition coefficient (Wildman–Crippen LogP) is 13.8. The quantitative estimate of drug-likeness (QED) is 0.0363. The molecule has 0 heterocycles. The van der Waals surface area contributed by atoms with E-state index >= 15 is 0 Å². The van der Waals surface area contributed by atoms with E-state index in [9.17, 15) is 24.3 Å². The summed E-state index contributed by atoms with van der Waals surface area (Å²) in [5, 5.41) is 13.6. The zero-order valence-corrected chi connectivity index (χ0v) is 35.6. The first kappa shape index (κ1) is 51.5. The lowest BCUT2D eigenvalue weighted by Gasteiger charge is -2.24. The molecule has 0 aromatic heterocycles. The molecule has 0 aromatic rings. The van der Waals surface area contributed by atoms with Gasteiger partial charge < -0.3 is 20.2 Å². The van der Waals surface area contributed by atoms with Crippen molar-refractivity contribution in [2.75, 3.05) is 6.61 Å². The number of amides is 1. The van der Waals surface area contributed by atoms with Crippen LogP contribution in [0.5, 0.6) is 0 Å². The number of nitrogens with one attached hydrogen (secondary N) is 1. The van der Waals surface area contributed by atoms with Crippen LogP contribution in [0.4, 0.5) is 0 Å². The molecule has 0 aliphatic heterocycles. The Hall–Kier alpha value is -0.460. The Morgan fingerprint density at radius 1 is 0.481 bits per heavy atom. The molecule has 4 N–H and O–H groups in total. The summed E-state index contributed by atoms with van der Waals surface area (Å²) in [5.41, 5.74) is 0. The summed E-state index contributed by atoms with van der Waals surface area (Å²) in [7, 11) is -4.69. The normalized spacial score (nSPS) is 13.1. The van der Waals surface area contributed by atoms with Gasteiger partial charge in [-0.25, -0.2) is 4.57 Å². The Balaban J connectivity index is 3.83. The number of unbranched alkanes of at least 4 members (excludes halogenated alkanes) is 34. The van der Waals surface area contributed by atoms with E-state index in [2.05, 4.69) is 23.7 Å². The fourth-order valence-corrected chi connectivity index (χ4v) is 7.70. The molecule has 0 radical (unpaired) electrons. The molecular weight excluding hydrogens is 669 g/mol. The number of aliphatic hydroxyl groups is 1. The Kier molecular flexibility index (Phi) is 39.9. The van der Waals surface area contributed by atoms with Crippen LogP contribution in [-0.4, -0.2) is 39.6 Å². The molecule has 0 bridgehead atoms. The Bertz CT molecular complexity index is 778. The van der Waals surface area contributed by atoms with Crippen molar-refractivity contribution in [1.29, 1.82) is 0 Å². The van der Waals surface area contributed by atoms with Gasteiger partial charge in [0.25, 0.3) is 0 Å². The molecule has 0 aliphatic carbocycles. The van der Waals surface area contributed by atoms with Crippen LogP contribution in [-0.2, 0) is 13.9 Å². The van der Waals surface area contributed by atoms with Gasteiger partial charge in [0.05, 0.1) is 18.8 Å². The second-order valence-corrected chi connectivity index (χ2v) is 17.3. The number of phosphoric ester groups is 1. The number of hydrogen-bond acceptors (Lipinski definition) is 4. The molecule has 0 spiro atoms. The topological polar surface area (TPSA) is 116 Å². The van der Waals surface area contributed by atoms with Crippen molar-refractivity contribution >= 4 is 13.7 Å². The van der Waals surface area contributed by atoms with Gasteiger partial charge in [0.2, 0.25) is 5.91 Å². The number of phosphoric acid groups is 1. The lowest BCUT2D eigenvalue weighted by Crippen LogP contribution is -2.46. The highest BCUT2D eigenvalue weighted by Gasteiger charge is 2.25. The molecule has 0 rings (SSSR count). The minimum absolute atomic E-state index is 0.187. The molecular formula is C44H90NO6P. The highest BCUT2D eigenvalue weighted by molar-refractivity contribution is 7.46. The Labute approximate surface area is 323 Å². The zero-order chi connectivity index (χ0) is 38.2. The van der Waals surface area contributed by atoms with Gasteiger partial charge in [-0.2, -0.15) is 0 Å². The van der Waals surface area contributed by atoms with E-state index in [-0.39, 0.29) is 5.91 Å². The summed E-state index contributed by atoms with van der Waals surface area (Å²) in [6.07, 6.45) is 46.6. The van der Waals surface area contributed by atoms with Crippen LogP contribution in [0.2, 0.25) is 0 Å². The number of rotatable bonds is 43. The molecule has 1 amide bonds. The van der Waals surface area contributed by atoms with E-state index in [1.54, 1.807) is 0 Å². The van der Waals surface area contributed by atoms with E-state index in [0.29, 0.717) is 12.8 Å². The first-order valence-corrected chi connectivity index (χ1v) is 24.5. The average molecular weight is 760 g/mol. The van der Waals surface area contributed by atoms with Crippen molar-refractivity contribution in [3.63, 3.8) is 0 Å². The van der Waals surface area contributed by atoms with Crippen LogP contribution in [0, 0.1) is 0 Å². The maximum absolute atomic E-state index is 12.6. The molecule has 0 saturated carbocycles. The third-order valence-corrected chi connectivity index (χ3v) is 11.3. The molecule has 0 fully saturated rings. The lowest BCUT2D eigenvalue weighted by molar-refractivity contribution is -0.123. The van der Waals surface area contributed by atoms with E-state index in [0.717, 1.165) is 38.5 Å². The van der Waals surface area contributed by atoms with Gasteiger partial charge in [-0.1, -0.05) is 239 Å². The maximum atomic E-state index is 12.6. The fraction of sp³-hybridized carbons (Fsp3) is 0.977. The van der Waals surface area contributed by atoms with E-state index in [1.807, 2.05) is 0 Å². The third-order valence-electron chi connectivity index (χ3n) is 10.8. The van der Waals surface area contributed by atoms with Crippen molar-refractivity contribution in [3.05, 3.63) is 0 Å². The largest absolute Gasteiger partial charge is 0.469 e. The number of hydrogen-bond donors (Lipinski definition) is 4. The van der Waals surface area contributed by atoms with Crippen LogP contribution in [0.1, 0.15) is 258 Å². The van der Waals surface area contributed by atoms with Crippen molar-refractivity contribution in [1.82, 2.24) is 5.32 Å². The standard InChI is InChI=1S/C44H90NO6P/c1-3-5-7-9-11-13-15-17-19-21-22-24-26-28-30-32-34-36-38-40-44(47)45-42(41-51-52(48,49)50)43(46)39-37-35-33-31-29-27-25-23-20-18-16-14-12-10-8-6-4-2/h42-43,46H,3-41H2,1-2H3,(H,45,47)(H2,48,49,50)/t42-,43+/m0/s1. The smallest absolute Gasteiger partial charge is 0.391 e. The molecule has 52 heavy (non-hydrogen) atoms. The van der Waals surface area contributed by atoms with Gasteiger partial charge in [0.15, 0.2) is 0 Å². The summed E-state index contributed by atoms with van der Waals surface area (Å²) < 4.78 is 16.0. The summed E-state index contributed by atoms with van der Waals surface area (Å²) >= 11 is 0. The summed E-state index contributed by atoms with van der Waals surface area (Å²) in [6, 6.07) is -0.818. The number of carbonyl (C=O) groups is 1. The molecule has 0 aliphatic rings. The maximum Gasteiger partial charge on any atom is 0.469 e. The van der Waals surface area contributed by atoms with Gasteiger partial charge in [0, 0.05) is 6.42 Å². The van der Waals surface area contributed by atoms with Gasteiger partial charge in [-0.3, -0.25) is 9.32 Å². The second-order valence-electron chi connectivity index (χ2n) is 16.1. The van der Waals surface area contributed by atoms with E-state index in [4.69, 9.17) is 0 Å². The molecule has 0 unspecified atom stereocenters. The van der Waals surface area contributed by atoms with Gasteiger partial charge in [-0.05, 0) is 12.8 Å².